The minimum Gasteiger partial charge on any atom is -0.122 e. The van der Waals surface area contributed by atoms with Gasteiger partial charge < -0.3 is 0 Å². The van der Waals surface area contributed by atoms with Crippen LogP contribution in [0.4, 0.5) is 0 Å². The lowest BCUT2D eigenvalue weighted by Crippen LogP contribution is -1.71. The second kappa shape index (κ2) is 4.11. The summed E-state index contributed by atoms with van der Waals surface area (Å²) in [6, 6.07) is 12.6. The Hall–Kier alpha value is 0.130. The largest absolute Gasteiger partial charge is 0.122 e. The maximum absolute atomic E-state index is 3.57. The van der Waals surface area contributed by atoms with Crippen molar-refractivity contribution in [1.82, 2.24) is 0 Å². The zero-order valence-corrected chi connectivity index (χ0v) is 11.2. The Morgan fingerprint density at radius 2 is 1.85 bits per heavy atom. The number of benzene rings is 1. The molecule has 2 aromatic rings. The Kier molecular flexibility index (Phi) is 3.06. The number of hydrogen-bond acceptors (Lipinski definition) is 1. The maximum atomic E-state index is 3.57. The van der Waals surface area contributed by atoms with E-state index in [1.54, 1.807) is 11.3 Å². The standard InChI is InChI=1S/C10H6BrIS/c11-10-8(6-9(12)13-10)7-4-2-1-3-5-7/h1-6H. The molecular weight excluding hydrogens is 359 g/mol. The van der Waals surface area contributed by atoms with Crippen LogP contribution in [-0.2, 0) is 0 Å². The van der Waals surface area contributed by atoms with Crippen molar-refractivity contribution in [2.45, 2.75) is 0 Å². The highest BCUT2D eigenvalue weighted by Crippen LogP contribution is 2.36. The summed E-state index contributed by atoms with van der Waals surface area (Å²) in [5, 5.41) is 0. The molecule has 2 rings (SSSR count). The Morgan fingerprint density at radius 1 is 1.15 bits per heavy atom. The van der Waals surface area contributed by atoms with Gasteiger partial charge in [0.05, 0.1) is 6.67 Å². The van der Waals surface area contributed by atoms with E-state index in [-0.39, 0.29) is 0 Å². The van der Waals surface area contributed by atoms with Crippen LogP contribution in [0.5, 0.6) is 0 Å². The molecule has 0 unspecified atom stereocenters. The summed E-state index contributed by atoms with van der Waals surface area (Å²) < 4.78 is 2.52. The molecule has 0 atom stereocenters. The van der Waals surface area contributed by atoms with Crippen LogP contribution in [0.2, 0.25) is 0 Å². The van der Waals surface area contributed by atoms with E-state index in [2.05, 4.69) is 68.9 Å². The lowest BCUT2D eigenvalue weighted by Gasteiger charge is -1.96. The summed E-state index contributed by atoms with van der Waals surface area (Å²) >= 11 is 7.68. The zero-order valence-electron chi connectivity index (χ0n) is 6.63. The first-order valence-corrected chi connectivity index (χ1v) is 6.46. The molecule has 1 aromatic heterocycles. The third kappa shape index (κ3) is 2.14. The van der Waals surface area contributed by atoms with Crippen LogP contribution in [0.25, 0.3) is 11.1 Å². The fraction of sp³-hybridized carbons (Fsp3) is 0. The SMILES string of the molecule is Brc1sc(I)cc1-c1ccccc1. The number of thiophene rings is 1. The molecule has 0 nitrogen and oxygen atoms in total. The van der Waals surface area contributed by atoms with Crippen LogP contribution in [0.15, 0.2) is 40.2 Å². The lowest BCUT2D eigenvalue weighted by molar-refractivity contribution is 1.66. The molecule has 0 saturated heterocycles. The predicted molar refractivity (Wildman–Crippen MR) is 70.2 cm³/mol. The van der Waals surface area contributed by atoms with Gasteiger partial charge >= 0.3 is 0 Å². The van der Waals surface area contributed by atoms with E-state index in [1.165, 1.54) is 17.8 Å². The molecule has 13 heavy (non-hydrogen) atoms. The summed E-state index contributed by atoms with van der Waals surface area (Å²) in [4.78, 5) is 0. The fourth-order valence-corrected chi connectivity index (χ4v) is 4.54. The molecule has 1 heterocycles. The van der Waals surface area contributed by atoms with Crippen LogP contribution in [0.3, 0.4) is 0 Å². The van der Waals surface area contributed by atoms with Gasteiger partial charge in [-0.05, 0) is 50.2 Å². The third-order valence-corrected chi connectivity index (χ3v) is 4.34. The molecule has 0 aliphatic carbocycles. The quantitative estimate of drug-likeness (QED) is 0.638. The van der Waals surface area contributed by atoms with Crippen molar-refractivity contribution in [3.05, 3.63) is 43.1 Å². The second-order valence-corrected chi connectivity index (χ2v) is 6.87. The highest BCUT2D eigenvalue weighted by Gasteiger charge is 2.05. The highest BCUT2D eigenvalue weighted by molar-refractivity contribution is 14.1. The topological polar surface area (TPSA) is 0 Å². The Balaban J connectivity index is 2.53. The summed E-state index contributed by atoms with van der Waals surface area (Å²) in [6.07, 6.45) is 0. The van der Waals surface area contributed by atoms with Crippen LogP contribution in [-0.4, -0.2) is 0 Å². The van der Waals surface area contributed by atoms with Crippen molar-refractivity contribution in [3.63, 3.8) is 0 Å². The van der Waals surface area contributed by atoms with E-state index in [1.807, 2.05) is 6.07 Å². The van der Waals surface area contributed by atoms with E-state index in [4.69, 9.17) is 0 Å². The molecule has 0 aliphatic rings. The number of rotatable bonds is 1. The molecule has 0 fully saturated rings. The molecule has 0 N–H and O–H groups in total. The first-order chi connectivity index (χ1) is 6.27. The monoisotopic (exact) mass is 364 g/mol. The number of hydrogen-bond donors (Lipinski definition) is 0. The molecule has 0 radical (unpaired) electrons. The smallest absolute Gasteiger partial charge is 0.0788 e. The van der Waals surface area contributed by atoms with E-state index in [0.717, 1.165) is 0 Å². The predicted octanol–water partition coefficient (Wildman–Crippen LogP) is 4.78. The molecule has 3 heteroatoms. The average molecular weight is 365 g/mol. The first kappa shape index (κ1) is 9.68. The molecule has 0 amide bonds. The van der Waals surface area contributed by atoms with Gasteiger partial charge in [-0.2, -0.15) is 0 Å². The molecule has 66 valence electrons. The van der Waals surface area contributed by atoms with Crippen molar-refractivity contribution in [3.8, 4) is 11.1 Å². The Morgan fingerprint density at radius 3 is 2.38 bits per heavy atom. The normalized spacial score (nSPS) is 10.3. The van der Waals surface area contributed by atoms with Crippen molar-refractivity contribution in [2.24, 2.45) is 0 Å². The Bertz CT molecular complexity index is 408. The van der Waals surface area contributed by atoms with Crippen molar-refractivity contribution < 1.29 is 0 Å². The first-order valence-electron chi connectivity index (χ1n) is 3.77. The number of halogens is 2. The second-order valence-electron chi connectivity index (χ2n) is 2.60. The van der Waals surface area contributed by atoms with Crippen LogP contribution in [0.1, 0.15) is 0 Å². The minimum absolute atomic E-state index is 1.21. The average Bonchev–Trinajstić information content (AvgIpc) is 2.47. The molecule has 0 bridgehead atoms. The van der Waals surface area contributed by atoms with Crippen molar-refractivity contribution >= 4 is 49.9 Å². The van der Waals surface area contributed by atoms with Gasteiger partial charge in [-0.25, -0.2) is 0 Å². The van der Waals surface area contributed by atoms with Gasteiger partial charge in [-0.1, -0.05) is 30.3 Å². The summed E-state index contributed by atoms with van der Waals surface area (Å²) in [6.45, 7) is 0. The van der Waals surface area contributed by atoms with Crippen molar-refractivity contribution in [1.29, 1.82) is 0 Å². The van der Waals surface area contributed by atoms with Gasteiger partial charge in [0.15, 0.2) is 0 Å². The molecule has 1 aromatic carbocycles. The fourth-order valence-electron chi connectivity index (χ4n) is 1.15. The molecular formula is C10H6BrIS. The van der Waals surface area contributed by atoms with Gasteiger partial charge in [0, 0.05) is 5.56 Å². The highest BCUT2D eigenvalue weighted by atomic mass is 127. The molecule has 0 aliphatic heterocycles. The lowest BCUT2D eigenvalue weighted by atomic mass is 10.1. The van der Waals surface area contributed by atoms with E-state index in [0.29, 0.717) is 0 Å². The van der Waals surface area contributed by atoms with E-state index < -0.39 is 0 Å². The van der Waals surface area contributed by atoms with Gasteiger partial charge in [0.25, 0.3) is 0 Å². The van der Waals surface area contributed by atoms with Crippen LogP contribution in [0, 0.1) is 2.88 Å². The third-order valence-electron chi connectivity index (χ3n) is 1.74. The van der Waals surface area contributed by atoms with Gasteiger partial charge in [-0.3, -0.25) is 0 Å². The Labute approximate surface area is 103 Å². The summed E-state index contributed by atoms with van der Waals surface area (Å²) in [5.41, 5.74) is 2.56. The van der Waals surface area contributed by atoms with Crippen LogP contribution >= 0.6 is 49.9 Å². The maximum Gasteiger partial charge on any atom is 0.0788 e. The van der Waals surface area contributed by atoms with E-state index in [9.17, 15) is 0 Å². The zero-order chi connectivity index (χ0) is 9.26. The van der Waals surface area contributed by atoms with E-state index >= 15 is 0 Å². The summed E-state index contributed by atoms with van der Waals surface area (Å²) in [7, 11) is 0. The summed E-state index contributed by atoms with van der Waals surface area (Å²) in [5.74, 6) is 0. The molecule has 0 spiro atoms. The van der Waals surface area contributed by atoms with Crippen LogP contribution < -0.4 is 0 Å². The van der Waals surface area contributed by atoms with Gasteiger partial charge in [0.2, 0.25) is 0 Å². The minimum atomic E-state index is 1.21. The van der Waals surface area contributed by atoms with Gasteiger partial charge in [-0.15, -0.1) is 11.3 Å². The van der Waals surface area contributed by atoms with Crippen molar-refractivity contribution in [2.75, 3.05) is 0 Å². The molecule has 0 saturated carbocycles. The van der Waals surface area contributed by atoms with Gasteiger partial charge in [0.1, 0.15) is 0 Å².